The summed E-state index contributed by atoms with van der Waals surface area (Å²) in [5.41, 5.74) is 6.87. The second kappa shape index (κ2) is 16.5. The average Bonchev–Trinajstić information content (AvgIpc) is 2.91. The summed E-state index contributed by atoms with van der Waals surface area (Å²) >= 11 is 0. The number of carbonyl (C=O) groups is 3. The zero-order valence-corrected chi connectivity index (χ0v) is 20.2. The van der Waals surface area contributed by atoms with Gasteiger partial charge in [0.1, 0.15) is 0 Å². The summed E-state index contributed by atoms with van der Waals surface area (Å²) in [6.45, 7) is 18.3. The molecule has 30 heavy (non-hydrogen) atoms. The second-order valence-corrected chi connectivity index (χ2v) is 6.92. The van der Waals surface area contributed by atoms with Crippen molar-refractivity contribution in [1.82, 2.24) is 0 Å². The molecule has 0 fully saturated rings. The van der Waals surface area contributed by atoms with E-state index >= 15 is 0 Å². The van der Waals surface area contributed by atoms with Crippen molar-refractivity contribution in [2.24, 2.45) is 0 Å². The molecule has 0 radical (unpaired) electrons. The topological polar surface area (TPSA) is 112 Å². The van der Waals surface area contributed by atoms with Crippen LogP contribution < -0.4 is 0 Å². The van der Waals surface area contributed by atoms with E-state index in [1.165, 1.54) is 52.0 Å². The van der Waals surface area contributed by atoms with Gasteiger partial charge in [-0.15, -0.1) is 0 Å². The van der Waals surface area contributed by atoms with Crippen LogP contribution in [0.1, 0.15) is 55.9 Å². The Morgan fingerprint density at radius 3 is 1.40 bits per heavy atom. The molecular weight excluding hydrogens is 420 g/mol. The van der Waals surface area contributed by atoms with Crippen molar-refractivity contribution in [3.8, 4) is 0 Å². The van der Waals surface area contributed by atoms with Crippen LogP contribution in [0.5, 0.6) is 0 Å². The monoisotopic (exact) mass is 453 g/mol. The molecule has 1 aromatic carbocycles. The Balaban J connectivity index is -0.000000339. The first kappa shape index (κ1) is 32.4. The van der Waals surface area contributed by atoms with Crippen LogP contribution in [0.15, 0.2) is 42.5 Å². The molecule has 7 heteroatoms. The average molecular weight is 453 g/mol. The molecule has 1 aliphatic carbocycles. The molecule has 0 atom stereocenters. The number of hydrogen-bond donors (Lipinski definition) is 3. The van der Waals surface area contributed by atoms with E-state index in [1.807, 2.05) is 0 Å². The summed E-state index contributed by atoms with van der Waals surface area (Å²) in [7, 11) is 0. The smallest absolute Gasteiger partial charge is 0.330 e. The fraction of sp³-hybridized carbons (Fsp3) is 0.391. The third kappa shape index (κ3) is 14.7. The van der Waals surface area contributed by atoms with Crippen LogP contribution in [0, 0.1) is 13.8 Å². The molecular formula is C23H33O6Ti-. The van der Waals surface area contributed by atoms with Crippen molar-refractivity contribution >= 4 is 17.9 Å². The predicted octanol–water partition coefficient (Wildman–Crippen LogP) is 4.84. The molecule has 0 amide bonds. The molecule has 2 rings (SSSR count). The molecule has 3 N–H and O–H groups in total. The molecule has 1 aliphatic rings. The van der Waals surface area contributed by atoms with E-state index in [2.05, 4.69) is 39.7 Å². The number of aliphatic carboxylic acids is 3. The van der Waals surface area contributed by atoms with E-state index in [1.54, 1.807) is 16.7 Å². The van der Waals surface area contributed by atoms with Gasteiger partial charge >= 0.3 is 17.9 Å². The molecule has 166 valence electrons. The summed E-state index contributed by atoms with van der Waals surface area (Å²) < 4.78 is 0. The van der Waals surface area contributed by atoms with Crippen molar-refractivity contribution in [1.29, 1.82) is 0 Å². The summed E-state index contributed by atoms with van der Waals surface area (Å²) in [4.78, 5) is 28.8. The maximum absolute atomic E-state index is 9.60. The van der Waals surface area contributed by atoms with Crippen molar-refractivity contribution in [3.63, 3.8) is 0 Å². The predicted molar refractivity (Wildman–Crippen MR) is 116 cm³/mol. The normalized spacial score (nSPS) is 10.6. The van der Waals surface area contributed by atoms with E-state index in [4.69, 9.17) is 15.3 Å². The van der Waals surface area contributed by atoms with Crippen molar-refractivity contribution in [2.75, 3.05) is 0 Å². The van der Waals surface area contributed by atoms with Crippen molar-refractivity contribution in [2.45, 2.75) is 60.3 Å². The summed E-state index contributed by atoms with van der Waals surface area (Å²) in [6, 6.07) is 2.38. The molecule has 0 unspecified atom stereocenters. The van der Waals surface area contributed by atoms with Gasteiger partial charge in [-0.3, -0.25) is 0 Å². The minimum Gasteiger partial charge on any atom is -0.478 e. The van der Waals surface area contributed by atoms with Crippen LogP contribution in [0.2, 0.25) is 0 Å². The van der Waals surface area contributed by atoms with Gasteiger partial charge in [0, 0.05) is 38.4 Å². The van der Waals surface area contributed by atoms with Gasteiger partial charge in [-0.05, 0) is 20.8 Å². The maximum atomic E-state index is 9.60. The van der Waals surface area contributed by atoms with E-state index < -0.39 is 17.9 Å². The quantitative estimate of drug-likeness (QED) is 0.343. The third-order valence-corrected chi connectivity index (χ3v) is 4.04. The van der Waals surface area contributed by atoms with Gasteiger partial charge in [0.2, 0.25) is 0 Å². The Bertz CT molecular complexity index is 678. The maximum Gasteiger partial charge on any atom is 0.330 e. The van der Waals surface area contributed by atoms with Gasteiger partial charge in [-0.2, -0.15) is 22.3 Å². The van der Waals surface area contributed by atoms with Crippen LogP contribution in [-0.2, 0) is 48.9 Å². The summed E-state index contributed by atoms with van der Waals surface area (Å²) in [5.74, 6) is -2.81. The summed E-state index contributed by atoms with van der Waals surface area (Å²) in [6.07, 6.45) is 5.45. The minimum absolute atomic E-state index is 0. The van der Waals surface area contributed by atoms with Crippen LogP contribution >= 0.6 is 0 Å². The number of carboxylic acids is 3. The number of carboxylic acid groups (broad SMARTS) is 3. The standard InChI is InChI=1S/C11H15.3C4H6O2.Ti/c1-8-7-10-5-3-4-6-11(10)9(8)2;3*1-3(2)4(5)6;/h7H,3-6H2,1-2H3;3*1H2,2H3,(H,5,6);/q-1;;;;. The molecule has 0 saturated heterocycles. The first-order chi connectivity index (χ1) is 13.2. The van der Waals surface area contributed by atoms with Crippen LogP contribution in [-0.4, -0.2) is 33.2 Å². The van der Waals surface area contributed by atoms with E-state index in [0.717, 1.165) is 0 Å². The number of fused-ring (bicyclic) bond motifs is 1. The molecule has 0 aliphatic heterocycles. The van der Waals surface area contributed by atoms with Crippen molar-refractivity contribution in [3.05, 3.63) is 64.8 Å². The molecule has 6 nitrogen and oxygen atoms in total. The zero-order chi connectivity index (χ0) is 23.3. The SMILES string of the molecule is C=C(C)C(=O)O.C=C(C)C(=O)O.C=C(C)C(=O)O.Cc1cc2c([c-]1C)CCCC2.[Ti]. The Morgan fingerprint density at radius 2 is 1.13 bits per heavy atom. The number of hydrogen-bond acceptors (Lipinski definition) is 3. The Hall–Kier alpha value is -2.31. The third-order valence-electron chi connectivity index (χ3n) is 4.04. The van der Waals surface area contributed by atoms with Crippen LogP contribution in [0.3, 0.4) is 0 Å². The Labute approximate surface area is 194 Å². The first-order valence-electron chi connectivity index (χ1n) is 9.13. The number of rotatable bonds is 3. The van der Waals surface area contributed by atoms with Gasteiger partial charge in [-0.25, -0.2) is 20.4 Å². The molecule has 0 heterocycles. The van der Waals surface area contributed by atoms with Crippen molar-refractivity contribution < 1.29 is 51.4 Å². The molecule has 0 saturated carbocycles. The fourth-order valence-electron chi connectivity index (χ4n) is 2.12. The summed E-state index contributed by atoms with van der Waals surface area (Å²) in [5, 5.41) is 23.7. The van der Waals surface area contributed by atoms with Gasteiger partial charge in [0.05, 0.1) is 0 Å². The van der Waals surface area contributed by atoms with E-state index in [0.29, 0.717) is 0 Å². The fourth-order valence-corrected chi connectivity index (χ4v) is 2.12. The van der Waals surface area contributed by atoms with Gasteiger partial charge in [0.25, 0.3) is 0 Å². The van der Waals surface area contributed by atoms with Gasteiger partial charge in [-0.1, -0.05) is 59.3 Å². The molecule has 1 aromatic rings. The zero-order valence-electron chi connectivity index (χ0n) is 18.6. The largest absolute Gasteiger partial charge is 0.478 e. The molecule has 0 aromatic heterocycles. The first-order valence-corrected chi connectivity index (χ1v) is 9.13. The van der Waals surface area contributed by atoms with E-state index in [9.17, 15) is 14.4 Å². The number of aryl methyl sites for hydroxylation is 2. The second-order valence-electron chi connectivity index (χ2n) is 6.92. The molecule has 0 spiro atoms. The van der Waals surface area contributed by atoms with Gasteiger partial charge in [0.15, 0.2) is 0 Å². The van der Waals surface area contributed by atoms with Gasteiger partial charge < -0.3 is 15.3 Å². The molecule has 0 bridgehead atoms. The minimum atomic E-state index is -0.935. The Kier molecular flexibility index (Phi) is 17.8. The van der Waals surface area contributed by atoms with Crippen LogP contribution in [0.4, 0.5) is 0 Å². The Morgan fingerprint density at radius 1 is 0.833 bits per heavy atom. The van der Waals surface area contributed by atoms with Crippen LogP contribution in [0.25, 0.3) is 0 Å². The van der Waals surface area contributed by atoms with E-state index in [-0.39, 0.29) is 38.4 Å².